The van der Waals surface area contributed by atoms with Crippen molar-refractivity contribution in [2.24, 2.45) is 9.98 Å². The van der Waals surface area contributed by atoms with E-state index in [4.69, 9.17) is 0 Å². The molecule has 2 aromatic heterocycles. The van der Waals surface area contributed by atoms with Crippen molar-refractivity contribution in [2.75, 3.05) is 0 Å². The predicted octanol–water partition coefficient (Wildman–Crippen LogP) is 6.05. The number of hydrogen-bond donors (Lipinski definition) is 2. The Bertz CT molecular complexity index is 1030. The molecule has 4 heteroatoms. The number of aromatic nitrogens is 2. The number of benzene rings is 2. The molecule has 0 atom stereocenters. The van der Waals surface area contributed by atoms with Crippen LogP contribution in [0.2, 0.25) is 0 Å². The molecule has 2 N–H and O–H groups in total. The maximum Gasteiger partial charge on any atom is 0.0630 e. The molecule has 4 rings (SSSR count). The number of aryl methyl sites for hydroxylation is 2. The monoisotopic (exact) mass is 380 g/mol. The van der Waals surface area contributed by atoms with Crippen LogP contribution in [0.5, 0.6) is 0 Å². The second kappa shape index (κ2) is 8.57. The van der Waals surface area contributed by atoms with Crippen molar-refractivity contribution in [1.29, 1.82) is 0 Å². The highest BCUT2D eigenvalue weighted by molar-refractivity contribution is 5.80. The van der Waals surface area contributed by atoms with E-state index < -0.39 is 0 Å². The highest BCUT2D eigenvalue weighted by atomic mass is 14.8. The van der Waals surface area contributed by atoms with Crippen LogP contribution in [-0.4, -0.2) is 22.4 Å². The molecule has 0 amide bonds. The molecule has 0 bridgehead atoms. The van der Waals surface area contributed by atoms with Crippen LogP contribution in [0, 0.1) is 13.8 Å². The van der Waals surface area contributed by atoms with Gasteiger partial charge in [0.05, 0.1) is 35.2 Å². The maximum atomic E-state index is 4.52. The van der Waals surface area contributed by atoms with E-state index >= 15 is 0 Å². The molecule has 4 nitrogen and oxygen atoms in total. The average Bonchev–Trinajstić information content (AvgIpc) is 3.35. The summed E-state index contributed by atoms with van der Waals surface area (Å²) in [6.07, 6.45) is 4.60. The van der Waals surface area contributed by atoms with E-state index in [1.54, 1.807) is 0 Å². The fourth-order valence-electron chi connectivity index (χ4n) is 3.13. The van der Waals surface area contributed by atoms with Gasteiger partial charge in [-0.05, 0) is 79.9 Å². The number of aromatic amines is 2. The Morgan fingerprint density at radius 2 is 1.00 bits per heavy atom. The summed E-state index contributed by atoms with van der Waals surface area (Å²) < 4.78 is 0. The third-order valence-electron chi connectivity index (χ3n) is 4.70. The van der Waals surface area contributed by atoms with Crippen molar-refractivity contribution in [1.82, 2.24) is 9.97 Å². The van der Waals surface area contributed by atoms with Crippen molar-refractivity contribution in [3.8, 4) is 0 Å². The number of hydrogen-bond acceptors (Lipinski definition) is 2. The third kappa shape index (κ3) is 5.20. The highest BCUT2D eigenvalue weighted by Crippen LogP contribution is 2.18. The van der Waals surface area contributed by atoms with Gasteiger partial charge < -0.3 is 9.97 Å². The largest absolute Gasteiger partial charge is 0.358 e. The zero-order valence-corrected chi connectivity index (χ0v) is 16.7. The molecule has 0 aliphatic heterocycles. The SMILES string of the molecule is Cc1ccc(C=Nc2ccc(Cc3ccc(N=Cc4ccc(C)[nH]4)cc3)cc2)[nH]1. The molecule has 0 aliphatic rings. The summed E-state index contributed by atoms with van der Waals surface area (Å²) in [6, 6.07) is 24.9. The molecule has 0 spiro atoms. The minimum absolute atomic E-state index is 0.889. The Labute approximate surface area is 171 Å². The molecule has 0 fully saturated rings. The number of nitrogens with one attached hydrogen (secondary N) is 2. The van der Waals surface area contributed by atoms with E-state index in [1.165, 1.54) is 11.1 Å². The van der Waals surface area contributed by atoms with Gasteiger partial charge in [-0.15, -0.1) is 0 Å². The first-order valence-corrected chi connectivity index (χ1v) is 9.71. The maximum absolute atomic E-state index is 4.52. The van der Waals surface area contributed by atoms with Gasteiger partial charge in [-0.1, -0.05) is 24.3 Å². The van der Waals surface area contributed by atoms with Gasteiger partial charge in [-0.2, -0.15) is 0 Å². The first-order chi connectivity index (χ1) is 14.1. The van der Waals surface area contributed by atoms with Gasteiger partial charge in [0.25, 0.3) is 0 Å². The third-order valence-corrected chi connectivity index (χ3v) is 4.70. The van der Waals surface area contributed by atoms with Crippen molar-refractivity contribution >= 4 is 23.8 Å². The van der Waals surface area contributed by atoms with E-state index in [1.807, 2.05) is 50.5 Å². The van der Waals surface area contributed by atoms with Gasteiger partial charge in [0.1, 0.15) is 0 Å². The normalized spacial score (nSPS) is 11.7. The number of aliphatic imine (C=N–C) groups is 2. The van der Waals surface area contributed by atoms with Gasteiger partial charge in [0, 0.05) is 11.4 Å². The van der Waals surface area contributed by atoms with Crippen molar-refractivity contribution < 1.29 is 0 Å². The number of nitrogens with zero attached hydrogens (tertiary/aromatic N) is 2. The molecule has 0 unspecified atom stereocenters. The quantitative estimate of drug-likeness (QED) is 0.383. The lowest BCUT2D eigenvalue weighted by atomic mass is 10.0. The smallest absolute Gasteiger partial charge is 0.0630 e. The van der Waals surface area contributed by atoms with E-state index in [0.29, 0.717) is 0 Å². The minimum atomic E-state index is 0.889. The molecule has 0 saturated carbocycles. The lowest BCUT2D eigenvalue weighted by molar-refractivity contribution is 1.19. The molecule has 2 aromatic carbocycles. The van der Waals surface area contributed by atoms with Crippen molar-refractivity contribution in [3.05, 3.63) is 107 Å². The molecule has 0 aliphatic carbocycles. The summed E-state index contributed by atoms with van der Waals surface area (Å²) in [7, 11) is 0. The molecular formula is C25H24N4. The van der Waals surface area contributed by atoms with Crippen molar-refractivity contribution in [2.45, 2.75) is 20.3 Å². The average molecular weight is 380 g/mol. The van der Waals surface area contributed by atoms with Crippen LogP contribution in [0.3, 0.4) is 0 Å². The second-order valence-corrected chi connectivity index (χ2v) is 7.22. The van der Waals surface area contributed by atoms with Gasteiger partial charge in [0.15, 0.2) is 0 Å². The number of rotatable bonds is 6. The highest BCUT2D eigenvalue weighted by Gasteiger charge is 1.99. The van der Waals surface area contributed by atoms with Crippen LogP contribution < -0.4 is 0 Å². The standard InChI is InChI=1S/C25H24N4/c1-18-3-9-24(28-18)16-26-22-11-5-20(6-12-22)15-21-7-13-23(14-8-21)27-17-25-10-4-19(2)29-25/h3-14,16-17,28-29H,15H2,1-2H3. The van der Waals surface area contributed by atoms with Crippen LogP contribution in [0.1, 0.15) is 33.9 Å². The summed E-state index contributed by atoms with van der Waals surface area (Å²) in [6.45, 7) is 4.07. The molecule has 144 valence electrons. The van der Waals surface area contributed by atoms with Gasteiger partial charge in [0.2, 0.25) is 0 Å². The second-order valence-electron chi connectivity index (χ2n) is 7.22. The van der Waals surface area contributed by atoms with E-state index in [9.17, 15) is 0 Å². The molecule has 2 heterocycles. The Balaban J connectivity index is 1.36. The van der Waals surface area contributed by atoms with Crippen LogP contribution in [0.25, 0.3) is 0 Å². The topological polar surface area (TPSA) is 56.3 Å². The van der Waals surface area contributed by atoms with Crippen LogP contribution in [0.4, 0.5) is 11.4 Å². The summed E-state index contributed by atoms with van der Waals surface area (Å²) in [5.74, 6) is 0. The Morgan fingerprint density at radius 1 is 0.586 bits per heavy atom. The summed E-state index contributed by atoms with van der Waals surface area (Å²) >= 11 is 0. The van der Waals surface area contributed by atoms with Gasteiger partial charge >= 0.3 is 0 Å². The first kappa shape index (κ1) is 18.7. The number of H-pyrrole nitrogens is 2. The Kier molecular flexibility index (Phi) is 5.52. The molecule has 29 heavy (non-hydrogen) atoms. The molecule has 0 radical (unpaired) electrons. The fourth-order valence-corrected chi connectivity index (χ4v) is 3.13. The van der Waals surface area contributed by atoms with Crippen LogP contribution in [-0.2, 0) is 6.42 Å². The lowest BCUT2D eigenvalue weighted by Crippen LogP contribution is -1.87. The summed E-state index contributed by atoms with van der Waals surface area (Å²) in [5, 5.41) is 0. The van der Waals surface area contributed by atoms with Gasteiger partial charge in [-0.3, -0.25) is 9.98 Å². The lowest BCUT2D eigenvalue weighted by Gasteiger charge is -2.03. The Morgan fingerprint density at radius 3 is 1.34 bits per heavy atom. The fraction of sp³-hybridized carbons (Fsp3) is 0.120. The van der Waals surface area contributed by atoms with E-state index in [2.05, 4.69) is 68.5 Å². The summed E-state index contributed by atoms with van der Waals surface area (Å²) in [4.78, 5) is 15.5. The Hall–Kier alpha value is -3.66. The minimum Gasteiger partial charge on any atom is -0.358 e. The predicted molar refractivity (Wildman–Crippen MR) is 121 cm³/mol. The van der Waals surface area contributed by atoms with Crippen LogP contribution >= 0.6 is 0 Å². The van der Waals surface area contributed by atoms with E-state index in [-0.39, 0.29) is 0 Å². The summed E-state index contributed by atoms with van der Waals surface area (Å²) in [5.41, 5.74) is 8.73. The molecule has 0 saturated heterocycles. The van der Waals surface area contributed by atoms with E-state index in [0.717, 1.165) is 40.6 Å². The molecule has 4 aromatic rings. The zero-order chi connectivity index (χ0) is 20.1. The molecular weight excluding hydrogens is 356 g/mol. The van der Waals surface area contributed by atoms with Crippen molar-refractivity contribution in [3.63, 3.8) is 0 Å². The van der Waals surface area contributed by atoms with Crippen LogP contribution in [0.15, 0.2) is 82.8 Å². The first-order valence-electron chi connectivity index (χ1n) is 9.71. The van der Waals surface area contributed by atoms with Gasteiger partial charge in [-0.25, -0.2) is 0 Å². The zero-order valence-electron chi connectivity index (χ0n) is 16.7.